The second-order valence-corrected chi connectivity index (χ2v) is 5.48. The minimum atomic E-state index is -0.114. The molecule has 1 amide bonds. The SMILES string of the molecule is COCC(C)NC(=O)c1cccc(-c2ccc3c(c2)OCO3)c1. The number of carbonyl (C=O) groups is 1. The summed E-state index contributed by atoms with van der Waals surface area (Å²) in [6.45, 7) is 2.63. The van der Waals surface area contributed by atoms with E-state index < -0.39 is 0 Å². The van der Waals surface area contributed by atoms with Crippen LogP contribution in [0.5, 0.6) is 11.5 Å². The van der Waals surface area contributed by atoms with Crippen LogP contribution in [0.3, 0.4) is 0 Å². The standard InChI is InChI=1S/C18H19NO4/c1-12(10-21-2)19-18(20)15-5-3-4-13(8-15)14-6-7-16-17(9-14)23-11-22-16/h3-9,12H,10-11H2,1-2H3,(H,19,20). The Balaban J connectivity index is 1.81. The van der Waals surface area contributed by atoms with Gasteiger partial charge in [-0.15, -0.1) is 0 Å². The van der Waals surface area contributed by atoms with Gasteiger partial charge in [0.15, 0.2) is 11.5 Å². The number of nitrogens with one attached hydrogen (secondary N) is 1. The van der Waals surface area contributed by atoms with E-state index in [4.69, 9.17) is 14.2 Å². The summed E-state index contributed by atoms with van der Waals surface area (Å²) in [5, 5.41) is 2.91. The first-order valence-corrected chi connectivity index (χ1v) is 7.47. The zero-order chi connectivity index (χ0) is 16.2. The second kappa shape index (κ2) is 6.71. The lowest BCUT2D eigenvalue weighted by molar-refractivity contribution is 0.0905. The van der Waals surface area contributed by atoms with Gasteiger partial charge in [-0.3, -0.25) is 4.79 Å². The summed E-state index contributed by atoms with van der Waals surface area (Å²) >= 11 is 0. The largest absolute Gasteiger partial charge is 0.454 e. The van der Waals surface area contributed by atoms with Crippen LogP contribution in [0.1, 0.15) is 17.3 Å². The Morgan fingerprint density at radius 1 is 1.17 bits per heavy atom. The fraction of sp³-hybridized carbons (Fsp3) is 0.278. The van der Waals surface area contributed by atoms with Crippen molar-refractivity contribution in [2.45, 2.75) is 13.0 Å². The molecule has 1 N–H and O–H groups in total. The lowest BCUT2D eigenvalue weighted by Gasteiger charge is -2.13. The van der Waals surface area contributed by atoms with E-state index in [-0.39, 0.29) is 18.7 Å². The van der Waals surface area contributed by atoms with Gasteiger partial charge in [0.1, 0.15) is 0 Å². The van der Waals surface area contributed by atoms with Crippen LogP contribution in [0.25, 0.3) is 11.1 Å². The smallest absolute Gasteiger partial charge is 0.251 e. The monoisotopic (exact) mass is 313 g/mol. The molecule has 5 nitrogen and oxygen atoms in total. The number of fused-ring (bicyclic) bond motifs is 1. The summed E-state index contributed by atoms with van der Waals surface area (Å²) in [6, 6.07) is 13.2. The maximum Gasteiger partial charge on any atom is 0.251 e. The Kier molecular flexibility index (Phi) is 4.48. The minimum Gasteiger partial charge on any atom is -0.454 e. The van der Waals surface area contributed by atoms with Crippen molar-refractivity contribution in [2.24, 2.45) is 0 Å². The number of hydrogen-bond donors (Lipinski definition) is 1. The second-order valence-electron chi connectivity index (χ2n) is 5.48. The van der Waals surface area contributed by atoms with Crippen LogP contribution in [-0.4, -0.2) is 32.5 Å². The molecule has 3 rings (SSSR count). The molecule has 0 saturated heterocycles. The number of ether oxygens (including phenoxy) is 3. The summed E-state index contributed by atoms with van der Waals surface area (Å²) in [7, 11) is 1.61. The van der Waals surface area contributed by atoms with Gasteiger partial charge in [0, 0.05) is 18.7 Å². The van der Waals surface area contributed by atoms with E-state index in [1.165, 1.54) is 0 Å². The predicted molar refractivity (Wildman–Crippen MR) is 86.8 cm³/mol. The van der Waals surface area contributed by atoms with Crippen LogP contribution in [0.4, 0.5) is 0 Å². The molecule has 0 spiro atoms. The van der Waals surface area contributed by atoms with Crippen LogP contribution in [0, 0.1) is 0 Å². The number of benzene rings is 2. The average molecular weight is 313 g/mol. The van der Waals surface area contributed by atoms with Crippen molar-refractivity contribution in [2.75, 3.05) is 20.5 Å². The first kappa shape index (κ1) is 15.4. The fourth-order valence-electron chi connectivity index (χ4n) is 2.51. The molecular weight excluding hydrogens is 294 g/mol. The third-order valence-corrected chi connectivity index (χ3v) is 3.62. The maximum atomic E-state index is 12.3. The average Bonchev–Trinajstić information content (AvgIpc) is 3.02. The van der Waals surface area contributed by atoms with Gasteiger partial charge in [-0.05, 0) is 42.3 Å². The van der Waals surface area contributed by atoms with Gasteiger partial charge >= 0.3 is 0 Å². The molecule has 1 atom stereocenters. The highest BCUT2D eigenvalue weighted by Gasteiger charge is 2.15. The van der Waals surface area contributed by atoms with Crippen molar-refractivity contribution in [1.29, 1.82) is 0 Å². The van der Waals surface area contributed by atoms with Gasteiger partial charge < -0.3 is 19.5 Å². The third kappa shape index (κ3) is 3.46. The van der Waals surface area contributed by atoms with Crippen LogP contribution in [-0.2, 0) is 4.74 Å². The summed E-state index contributed by atoms with van der Waals surface area (Å²) in [5.41, 5.74) is 2.55. The van der Waals surface area contributed by atoms with E-state index in [2.05, 4.69) is 5.32 Å². The Labute approximate surface area is 135 Å². The van der Waals surface area contributed by atoms with Gasteiger partial charge in [-0.25, -0.2) is 0 Å². The molecule has 0 fully saturated rings. The Hall–Kier alpha value is -2.53. The molecule has 0 aliphatic carbocycles. The Morgan fingerprint density at radius 3 is 2.78 bits per heavy atom. The number of rotatable bonds is 5. The highest BCUT2D eigenvalue weighted by atomic mass is 16.7. The lowest BCUT2D eigenvalue weighted by Crippen LogP contribution is -2.35. The van der Waals surface area contributed by atoms with E-state index in [0.29, 0.717) is 12.2 Å². The summed E-state index contributed by atoms with van der Waals surface area (Å²) < 4.78 is 15.8. The molecule has 2 aromatic carbocycles. The number of carbonyl (C=O) groups excluding carboxylic acids is 1. The van der Waals surface area contributed by atoms with Crippen molar-refractivity contribution in [3.63, 3.8) is 0 Å². The third-order valence-electron chi connectivity index (χ3n) is 3.62. The topological polar surface area (TPSA) is 56.8 Å². The molecule has 5 heteroatoms. The van der Waals surface area contributed by atoms with Gasteiger partial charge in [-0.2, -0.15) is 0 Å². The van der Waals surface area contributed by atoms with Crippen LogP contribution < -0.4 is 14.8 Å². The predicted octanol–water partition coefficient (Wildman–Crippen LogP) is 2.85. The Bertz CT molecular complexity index is 714. The van der Waals surface area contributed by atoms with E-state index in [1.54, 1.807) is 13.2 Å². The molecule has 0 aromatic heterocycles. The first-order chi connectivity index (χ1) is 11.2. The Morgan fingerprint density at radius 2 is 1.96 bits per heavy atom. The molecule has 1 unspecified atom stereocenters. The first-order valence-electron chi connectivity index (χ1n) is 7.47. The zero-order valence-corrected chi connectivity index (χ0v) is 13.2. The molecule has 1 heterocycles. The highest BCUT2D eigenvalue weighted by Crippen LogP contribution is 2.35. The number of hydrogen-bond acceptors (Lipinski definition) is 4. The maximum absolute atomic E-state index is 12.3. The molecule has 2 aromatic rings. The quantitative estimate of drug-likeness (QED) is 0.922. The highest BCUT2D eigenvalue weighted by molar-refractivity contribution is 5.95. The lowest BCUT2D eigenvalue weighted by atomic mass is 10.0. The number of methoxy groups -OCH3 is 1. The van der Waals surface area contributed by atoms with Crippen molar-refractivity contribution < 1.29 is 19.0 Å². The van der Waals surface area contributed by atoms with Crippen LogP contribution >= 0.6 is 0 Å². The van der Waals surface area contributed by atoms with Crippen LogP contribution in [0.2, 0.25) is 0 Å². The summed E-state index contributed by atoms with van der Waals surface area (Å²) in [4.78, 5) is 12.3. The van der Waals surface area contributed by atoms with Gasteiger partial charge in [-0.1, -0.05) is 18.2 Å². The molecule has 0 bridgehead atoms. The van der Waals surface area contributed by atoms with Crippen molar-refractivity contribution in [1.82, 2.24) is 5.32 Å². The molecule has 0 saturated carbocycles. The van der Waals surface area contributed by atoms with Crippen molar-refractivity contribution >= 4 is 5.91 Å². The molecule has 23 heavy (non-hydrogen) atoms. The number of amides is 1. The van der Waals surface area contributed by atoms with Crippen LogP contribution in [0.15, 0.2) is 42.5 Å². The van der Waals surface area contributed by atoms with Crippen molar-refractivity contribution in [3.05, 3.63) is 48.0 Å². The van der Waals surface area contributed by atoms with Gasteiger partial charge in [0.2, 0.25) is 6.79 Å². The van der Waals surface area contributed by atoms with E-state index >= 15 is 0 Å². The molecule has 1 aliphatic heterocycles. The summed E-state index contributed by atoms with van der Waals surface area (Å²) in [6.07, 6.45) is 0. The minimum absolute atomic E-state index is 0.0401. The normalized spacial score (nSPS) is 13.7. The van der Waals surface area contributed by atoms with Gasteiger partial charge in [0.05, 0.1) is 6.61 Å². The van der Waals surface area contributed by atoms with Crippen molar-refractivity contribution in [3.8, 4) is 22.6 Å². The van der Waals surface area contributed by atoms with E-state index in [0.717, 1.165) is 22.6 Å². The zero-order valence-electron chi connectivity index (χ0n) is 13.2. The van der Waals surface area contributed by atoms with E-state index in [1.807, 2.05) is 43.3 Å². The molecule has 120 valence electrons. The molecular formula is C18H19NO4. The fourth-order valence-corrected chi connectivity index (χ4v) is 2.51. The summed E-state index contributed by atoms with van der Waals surface area (Å²) in [5.74, 6) is 1.36. The molecule has 1 aliphatic rings. The van der Waals surface area contributed by atoms with E-state index in [9.17, 15) is 4.79 Å². The molecule has 0 radical (unpaired) electrons. The van der Waals surface area contributed by atoms with Gasteiger partial charge in [0.25, 0.3) is 5.91 Å².